The SMILES string of the molecule is C=CCN1C(=O)C(=O)C(=C(O)c2ccccc2)[C@@H]1c1ccc(C(C)C)cc1. The highest BCUT2D eigenvalue weighted by Crippen LogP contribution is 2.39. The summed E-state index contributed by atoms with van der Waals surface area (Å²) >= 11 is 0. The summed E-state index contributed by atoms with van der Waals surface area (Å²) in [6.07, 6.45) is 1.59. The highest BCUT2D eigenvalue weighted by Gasteiger charge is 2.45. The summed E-state index contributed by atoms with van der Waals surface area (Å²) in [6.45, 7) is 8.13. The summed E-state index contributed by atoms with van der Waals surface area (Å²) in [6, 6.07) is 16.0. The second kappa shape index (κ2) is 7.62. The Morgan fingerprint density at radius 1 is 1.11 bits per heavy atom. The third-order valence-corrected chi connectivity index (χ3v) is 4.83. The molecule has 1 fully saturated rings. The predicted molar refractivity (Wildman–Crippen MR) is 106 cm³/mol. The predicted octanol–water partition coefficient (Wildman–Crippen LogP) is 4.42. The standard InChI is InChI=1S/C23H23NO3/c1-4-14-24-20(17-12-10-16(11-13-17)15(2)3)19(22(26)23(24)27)21(25)18-8-6-5-7-9-18/h4-13,15,20,25H,1,14H2,2-3H3/t20-/m0/s1. The number of rotatable bonds is 5. The van der Waals surface area contributed by atoms with Crippen LogP contribution in [0.1, 0.15) is 42.5 Å². The molecule has 138 valence electrons. The number of aliphatic hydroxyl groups excluding tert-OH is 1. The van der Waals surface area contributed by atoms with Gasteiger partial charge in [-0.15, -0.1) is 6.58 Å². The van der Waals surface area contributed by atoms with Gasteiger partial charge in [-0.2, -0.15) is 0 Å². The van der Waals surface area contributed by atoms with Crippen LogP contribution in [0.5, 0.6) is 0 Å². The minimum Gasteiger partial charge on any atom is -0.507 e. The van der Waals surface area contributed by atoms with Gasteiger partial charge in [-0.25, -0.2) is 0 Å². The molecule has 2 aromatic rings. The van der Waals surface area contributed by atoms with Crippen LogP contribution in [0.2, 0.25) is 0 Å². The molecule has 1 amide bonds. The molecule has 0 unspecified atom stereocenters. The Kier molecular flexibility index (Phi) is 5.26. The Morgan fingerprint density at radius 2 is 1.74 bits per heavy atom. The first kappa shape index (κ1) is 18.6. The quantitative estimate of drug-likeness (QED) is 0.371. The molecule has 2 aromatic carbocycles. The fraction of sp³-hybridized carbons (Fsp3) is 0.217. The number of hydrogen-bond donors (Lipinski definition) is 1. The van der Waals surface area contributed by atoms with Crippen molar-refractivity contribution in [3.05, 3.63) is 89.5 Å². The zero-order valence-electron chi connectivity index (χ0n) is 15.6. The van der Waals surface area contributed by atoms with Gasteiger partial charge in [0.05, 0.1) is 11.6 Å². The molecule has 1 atom stereocenters. The van der Waals surface area contributed by atoms with Crippen LogP contribution in [0.15, 0.2) is 72.8 Å². The largest absolute Gasteiger partial charge is 0.507 e. The van der Waals surface area contributed by atoms with Crippen molar-refractivity contribution in [2.75, 3.05) is 6.54 Å². The van der Waals surface area contributed by atoms with E-state index in [1.807, 2.05) is 30.3 Å². The van der Waals surface area contributed by atoms with E-state index in [0.29, 0.717) is 11.5 Å². The van der Waals surface area contributed by atoms with Gasteiger partial charge in [-0.3, -0.25) is 9.59 Å². The Hall–Kier alpha value is -3.14. The molecule has 3 rings (SSSR count). The first-order chi connectivity index (χ1) is 13.0. The Morgan fingerprint density at radius 3 is 2.30 bits per heavy atom. The number of nitrogens with zero attached hydrogens (tertiary/aromatic N) is 1. The second-order valence-electron chi connectivity index (χ2n) is 6.93. The molecule has 0 bridgehead atoms. The molecule has 27 heavy (non-hydrogen) atoms. The van der Waals surface area contributed by atoms with Gasteiger partial charge in [0.25, 0.3) is 11.7 Å². The third-order valence-electron chi connectivity index (χ3n) is 4.83. The molecular weight excluding hydrogens is 338 g/mol. The van der Waals surface area contributed by atoms with Crippen molar-refractivity contribution in [1.82, 2.24) is 4.90 Å². The van der Waals surface area contributed by atoms with Gasteiger partial charge in [-0.1, -0.05) is 74.5 Å². The van der Waals surface area contributed by atoms with E-state index in [2.05, 4.69) is 20.4 Å². The molecule has 1 heterocycles. The van der Waals surface area contributed by atoms with E-state index in [4.69, 9.17) is 0 Å². The highest BCUT2D eigenvalue weighted by atomic mass is 16.3. The van der Waals surface area contributed by atoms with E-state index in [1.54, 1.807) is 30.3 Å². The van der Waals surface area contributed by atoms with Gasteiger partial charge in [0.1, 0.15) is 5.76 Å². The maximum atomic E-state index is 12.7. The molecule has 1 aliphatic heterocycles. The van der Waals surface area contributed by atoms with E-state index in [0.717, 1.165) is 5.56 Å². The minimum atomic E-state index is -0.670. The van der Waals surface area contributed by atoms with Crippen molar-refractivity contribution in [2.45, 2.75) is 25.8 Å². The molecule has 0 radical (unpaired) electrons. The maximum absolute atomic E-state index is 12.7. The van der Waals surface area contributed by atoms with E-state index in [-0.39, 0.29) is 17.9 Å². The summed E-state index contributed by atoms with van der Waals surface area (Å²) in [5.74, 6) is -1.07. The van der Waals surface area contributed by atoms with Crippen molar-refractivity contribution in [1.29, 1.82) is 0 Å². The molecule has 0 aromatic heterocycles. The molecule has 0 spiro atoms. The summed E-state index contributed by atoms with van der Waals surface area (Å²) in [5, 5.41) is 10.8. The van der Waals surface area contributed by atoms with Gasteiger partial charge in [0.15, 0.2) is 0 Å². The Balaban J connectivity index is 2.16. The van der Waals surface area contributed by atoms with Crippen LogP contribution >= 0.6 is 0 Å². The number of hydrogen-bond acceptors (Lipinski definition) is 3. The van der Waals surface area contributed by atoms with Crippen molar-refractivity contribution >= 4 is 17.4 Å². The lowest BCUT2D eigenvalue weighted by atomic mass is 9.93. The number of benzene rings is 2. The smallest absolute Gasteiger partial charge is 0.295 e. The topological polar surface area (TPSA) is 57.6 Å². The number of carbonyl (C=O) groups is 2. The monoisotopic (exact) mass is 361 g/mol. The van der Waals surface area contributed by atoms with Gasteiger partial charge >= 0.3 is 0 Å². The van der Waals surface area contributed by atoms with Crippen molar-refractivity contribution in [3.63, 3.8) is 0 Å². The van der Waals surface area contributed by atoms with E-state index in [1.165, 1.54) is 10.5 Å². The number of carbonyl (C=O) groups excluding carboxylic acids is 2. The van der Waals surface area contributed by atoms with Crippen LogP contribution < -0.4 is 0 Å². The normalized spacial score (nSPS) is 18.9. The summed E-state index contributed by atoms with van der Waals surface area (Å²) < 4.78 is 0. The maximum Gasteiger partial charge on any atom is 0.295 e. The lowest BCUT2D eigenvalue weighted by Gasteiger charge is -2.24. The van der Waals surface area contributed by atoms with Crippen LogP contribution in [0.25, 0.3) is 5.76 Å². The van der Waals surface area contributed by atoms with Crippen LogP contribution in [0.4, 0.5) is 0 Å². The number of Topliss-reactive ketones (excluding diaryl/α,β-unsaturated/α-hetero) is 1. The van der Waals surface area contributed by atoms with Crippen LogP contribution in [0.3, 0.4) is 0 Å². The Bertz CT molecular complexity index is 895. The average Bonchev–Trinajstić information content (AvgIpc) is 2.93. The van der Waals surface area contributed by atoms with Gasteiger partial charge in [0, 0.05) is 12.1 Å². The zero-order chi connectivity index (χ0) is 19.6. The van der Waals surface area contributed by atoms with E-state index < -0.39 is 17.7 Å². The van der Waals surface area contributed by atoms with E-state index >= 15 is 0 Å². The first-order valence-corrected chi connectivity index (χ1v) is 9.00. The molecule has 4 nitrogen and oxygen atoms in total. The van der Waals surface area contributed by atoms with Gasteiger partial charge in [0.2, 0.25) is 0 Å². The molecule has 1 aliphatic rings. The van der Waals surface area contributed by atoms with Crippen molar-refractivity contribution < 1.29 is 14.7 Å². The molecule has 0 saturated carbocycles. The van der Waals surface area contributed by atoms with Gasteiger partial charge in [-0.05, 0) is 17.0 Å². The summed E-state index contributed by atoms with van der Waals surface area (Å²) in [5.41, 5.74) is 2.59. The number of ketones is 1. The van der Waals surface area contributed by atoms with Crippen molar-refractivity contribution in [3.8, 4) is 0 Å². The average molecular weight is 361 g/mol. The lowest BCUT2D eigenvalue weighted by molar-refractivity contribution is -0.139. The molecule has 0 aliphatic carbocycles. The fourth-order valence-corrected chi connectivity index (χ4v) is 3.37. The molecular formula is C23H23NO3. The number of likely N-dealkylation sites (tertiary alicyclic amines) is 1. The Labute approximate surface area is 159 Å². The zero-order valence-corrected chi connectivity index (χ0v) is 15.6. The highest BCUT2D eigenvalue weighted by molar-refractivity contribution is 6.46. The van der Waals surface area contributed by atoms with Crippen molar-refractivity contribution in [2.24, 2.45) is 0 Å². The summed E-state index contributed by atoms with van der Waals surface area (Å²) in [7, 11) is 0. The second-order valence-corrected chi connectivity index (χ2v) is 6.93. The molecule has 1 N–H and O–H groups in total. The van der Waals surface area contributed by atoms with Crippen LogP contribution in [0, 0.1) is 0 Å². The van der Waals surface area contributed by atoms with Crippen LogP contribution in [-0.4, -0.2) is 28.2 Å². The molecule has 4 heteroatoms. The van der Waals surface area contributed by atoms with Gasteiger partial charge < -0.3 is 10.0 Å². The lowest BCUT2D eigenvalue weighted by Crippen LogP contribution is -2.29. The third kappa shape index (κ3) is 3.43. The van der Waals surface area contributed by atoms with E-state index in [9.17, 15) is 14.7 Å². The fourth-order valence-electron chi connectivity index (χ4n) is 3.37. The first-order valence-electron chi connectivity index (χ1n) is 9.00. The minimum absolute atomic E-state index is 0.116. The number of aliphatic hydroxyl groups is 1. The number of amides is 1. The summed E-state index contributed by atoms with van der Waals surface area (Å²) in [4.78, 5) is 26.8. The van der Waals surface area contributed by atoms with Crippen LogP contribution in [-0.2, 0) is 9.59 Å². The molecule has 1 saturated heterocycles.